The summed E-state index contributed by atoms with van der Waals surface area (Å²) < 4.78 is 2.18. The first-order chi connectivity index (χ1) is 13.4. The Morgan fingerprint density at radius 2 is 1.93 bits per heavy atom. The van der Waals surface area contributed by atoms with E-state index in [0.717, 1.165) is 46.3 Å². The molecule has 0 aliphatic heterocycles. The SMILES string of the molecule is CCCc1c(C(=O)C(C)C)c2ccc(CC(N)=O)cc2n1Cc1ccccn1.Cl. The number of carbonyl (C=O) groups excluding carboxylic acids is 2. The third-order valence-corrected chi connectivity index (χ3v) is 4.92. The van der Waals surface area contributed by atoms with Gasteiger partial charge in [-0.15, -0.1) is 12.4 Å². The van der Waals surface area contributed by atoms with E-state index in [4.69, 9.17) is 5.73 Å². The summed E-state index contributed by atoms with van der Waals surface area (Å²) in [4.78, 5) is 28.9. The normalized spacial score (nSPS) is 10.9. The van der Waals surface area contributed by atoms with Gasteiger partial charge in [-0.1, -0.05) is 45.4 Å². The highest BCUT2D eigenvalue weighted by Crippen LogP contribution is 2.31. The van der Waals surface area contributed by atoms with Crippen molar-refractivity contribution in [3.8, 4) is 0 Å². The number of pyridine rings is 1. The van der Waals surface area contributed by atoms with Crippen LogP contribution in [0.3, 0.4) is 0 Å². The molecule has 0 radical (unpaired) electrons. The molecular weight excluding hydrogens is 386 g/mol. The van der Waals surface area contributed by atoms with Crippen molar-refractivity contribution in [2.75, 3.05) is 0 Å². The number of benzene rings is 1. The van der Waals surface area contributed by atoms with E-state index in [1.165, 1.54) is 0 Å². The number of rotatable bonds is 8. The van der Waals surface area contributed by atoms with Gasteiger partial charge >= 0.3 is 0 Å². The second kappa shape index (κ2) is 9.70. The zero-order valence-corrected chi connectivity index (χ0v) is 18.0. The Morgan fingerprint density at radius 3 is 2.52 bits per heavy atom. The fraction of sp³-hybridized carbons (Fsp3) is 0.348. The zero-order chi connectivity index (χ0) is 20.3. The van der Waals surface area contributed by atoms with Crippen LogP contribution < -0.4 is 5.73 Å². The molecule has 6 heteroatoms. The van der Waals surface area contributed by atoms with Crippen LogP contribution in [0.15, 0.2) is 42.6 Å². The minimum Gasteiger partial charge on any atom is -0.369 e. The first kappa shape index (κ1) is 22.6. The molecule has 0 saturated heterocycles. The smallest absolute Gasteiger partial charge is 0.221 e. The molecule has 0 bridgehead atoms. The number of aromatic nitrogens is 2. The third-order valence-electron chi connectivity index (χ3n) is 4.92. The molecule has 0 atom stereocenters. The van der Waals surface area contributed by atoms with Crippen molar-refractivity contribution in [3.63, 3.8) is 0 Å². The van der Waals surface area contributed by atoms with Crippen molar-refractivity contribution < 1.29 is 9.59 Å². The Morgan fingerprint density at radius 1 is 1.17 bits per heavy atom. The maximum atomic E-state index is 13.1. The van der Waals surface area contributed by atoms with Gasteiger partial charge in [-0.25, -0.2) is 0 Å². The average molecular weight is 414 g/mol. The predicted octanol–water partition coefficient (Wildman–Crippen LogP) is 4.33. The number of Topliss-reactive ketones (excluding diaryl/α,β-unsaturated/α-hetero) is 1. The van der Waals surface area contributed by atoms with Gasteiger partial charge < -0.3 is 10.3 Å². The fourth-order valence-electron chi connectivity index (χ4n) is 3.65. The highest BCUT2D eigenvalue weighted by atomic mass is 35.5. The van der Waals surface area contributed by atoms with Crippen LogP contribution in [0.25, 0.3) is 10.9 Å². The summed E-state index contributed by atoms with van der Waals surface area (Å²) in [7, 11) is 0. The summed E-state index contributed by atoms with van der Waals surface area (Å²) in [5.41, 5.74) is 9.97. The fourth-order valence-corrected chi connectivity index (χ4v) is 3.65. The zero-order valence-electron chi connectivity index (χ0n) is 17.1. The molecule has 3 rings (SSSR count). The Labute approximate surface area is 177 Å². The van der Waals surface area contributed by atoms with Gasteiger partial charge in [-0.3, -0.25) is 14.6 Å². The lowest BCUT2D eigenvalue weighted by Gasteiger charge is -2.12. The molecule has 2 heterocycles. The summed E-state index contributed by atoms with van der Waals surface area (Å²) in [6.45, 7) is 6.56. The average Bonchev–Trinajstić information content (AvgIpc) is 2.94. The topological polar surface area (TPSA) is 78.0 Å². The number of hydrogen-bond donors (Lipinski definition) is 1. The van der Waals surface area contributed by atoms with E-state index in [1.807, 2.05) is 50.2 Å². The van der Waals surface area contributed by atoms with Gasteiger partial charge in [0, 0.05) is 34.3 Å². The van der Waals surface area contributed by atoms with Gasteiger partial charge in [-0.2, -0.15) is 0 Å². The van der Waals surface area contributed by atoms with Crippen LogP contribution in [0.2, 0.25) is 0 Å². The first-order valence-electron chi connectivity index (χ1n) is 9.78. The van der Waals surface area contributed by atoms with E-state index in [1.54, 1.807) is 6.20 Å². The lowest BCUT2D eigenvalue weighted by Crippen LogP contribution is -2.13. The minimum atomic E-state index is -0.366. The molecule has 0 spiro atoms. The Kier molecular flexibility index (Phi) is 7.57. The Bertz CT molecular complexity index is 1010. The molecular formula is C23H28ClN3O2. The molecule has 0 saturated carbocycles. The first-order valence-corrected chi connectivity index (χ1v) is 9.78. The van der Waals surface area contributed by atoms with Crippen molar-refractivity contribution in [1.29, 1.82) is 0 Å². The molecule has 0 aliphatic carbocycles. The summed E-state index contributed by atoms with van der Waals surface area (Å²) in [6.07, 6.45) is 3.70. The number of carbonyl (C=O) groups is 2. The van der Waals surface area contributed by atoms with Crippen LogP contribution in [0.4, 0.5) is 0 Å². The van der Waals surface area contributed by atoms with E-state index < -0.39 is 0 Å². The summed E-state index contributed by atoms with van der Waals surface area (Å²) >= 11 is 0. The van der Waals surface area contributed by atoms with Crippen molar-refractivity contribution >= 4 is 35.0 Å². The van der Waals surface area contributed by atoms with Crippen LogP contribution >= 0.6 is 12.4 Å². The number of nitrogens with two attached hydrogens (primary N) is 1. The number of amides is 1. The number of fused-ring (bicyclic) bond motifs is 1. The molecule has 0 unspecified atom stereocenters. The summed E-state index contributed by atoms with van der Waals surface area (Å²) in [5, 5.41) is 0.936. The molecule has 1 amide bonds. The molecule has 0 aliphatic rings. The van der Waals surface area contributed by atoms with E-state index in [0.29, 0.717) is 6.54 Å². The quantitative estimate of drug-likeness (QED) is 0.558. The van der Waals surface area contributed by atoms with Gasteiger partial charge in [-0.05, 0) is 30.2 Å². The minimum absolute atomic E-state index is 0. The highest BCUT2D eigenvalue weighted by Gasteiger charge is 2.24. The molecule has 2 N–H and O–H groups in total. The Balaban J connectivity index is 0.00000300. The van der Waals surface area contributed by atoms with Gasteiger partial charge in [0.15, 0.2) is 5.78 Å². The van der Waals surface area contributed by atoms with Gasteiger partial charge in [0.05, 0.1) is 18.7 Å². The van der Waals surface area contributed by atoms with E-state index >= 15 is 0 Å². The number of primary amides is 1. The standard InChI is InChI=1S/C23H27N3O2.ClH/c1-4-7-19-22(23(28)15(2)3)18-10-9-16(13-21(24)27)12-20(18)26(19)14-17-8-5-6-11-25-17;/h5-6,8-12,15H,4,7,13-14H2,1-3H3,(H2,24,27);1H. The molecule has 29 heavy (non-hydrogen) atoms. The lowest BCUT2D eigenvalue weighted by molar-refractivity contribution is -0.117. The van der Waals surface area contributed by atoms with Crippen LogP contribution in [0, 0.1) is 5.92 Å². The lowest BCUT2D eigenvalue weighted by atomic mass is 9.96. The maximum Gasteiger partial charge on any atom is 0.221 e. The van der Waals surface area contributed by atoms with Crippen LogP contribution in [-0.2, 0) is 24.2 Å². The van der Waals surface area contributed by atoms with Gasteiger partial charge in [0.25, 0.3) is 0 Å². The van der Waals surface area contributed by atoms with Crippen molar-refractivity contribution in [3.05, 3.63) is 65.1 Å². The van der Waals surface area contributed by atoms with Gasteiger partial charge in [0.1, 0.15) is 0 Å². The van der Waals surface area contributed by atoms with Crippen molar-refractivity contribution in [1.82, 2.24) is 9.55 Å². The number of ketones is 1. The van der Waals surface area contributed by atoms with E-state index in [9.17, 15) is 9.59 Å². The molecule has 1 aromatic carbocycles. The molecule has 2 aromatic heterocycles. The van der Waals surface area contributed by atoms with Crippen LogP contribution in [-0.4, -0.2) is 21.2 Å². The second-order valence-corrected chi connectivity index (χ2v) is 7.49. The molecule has 3 aromatic rings. The summed E-state index contributed by atoms with van der Waals surface area (Å²) in [6, 6.07) is 11.7. The van der Waals surface area contributed by atoms with Crippen LogP contribution in [0.1, 0.15) is 54.5 Å². The Hall–Kier alpha value is -2.66. The van der Waals surface area contributed by atoms with E-state index in [-0.39, 0.29) is 36.4 Å². The second-order valence-electron chi connectivity index (χ2n) is 7.49. The molecule has 154 valence electrons. The number of hydrogen-bond acceptors (Lipinski definition) is 3. The monoisotopic (exact) mass is 413 g/mol. The molecule has 5 nitrogen and oxygen atoms in total. The third kappa shape index (κ3) is 4.85. The highest BCUT2D eigenvalue weighted by molar-refractivity contribution is 6.10. The largest absolute Gasteiger partial charge is 0.369 e. The van der Waals surface area contributed by atoms with E-state index in [2.05, 4.69) is 16.5 Å². The predicted molar refractivity (Wildman–Crippen MR) is 119 cm³/mol. The maximum absolute atomic E-state index is 13.1. The van der Waals surface area contributed by atoms with Crippen molar-refractivity contribution in [2.24, 2.45) is 11.7 Å². The number of nitrogens with zero attached hydrogens (tertiary/aromatic N) is 2. The van der Waals surface area contributed by atoms with Crippen molar-refractivity contribution in [2.45, 2.75) is 46.6 Å². The van der Waals surface area contributed by atoms with Crippen LogP contribution in [0.5, 0.6) is 0 Å². The summed E-state index contributed by atoms with van der Waals surface area (Å²) in [5.74, 6) is -0.305. The molecule has 0 fully saturated rings. The van der Waals surface area contributed by atoms with Gasteiger partial charge in [0.2, 0.25) is 5.91 Å². The number of halogens is 1.